The number of carbonyl (C=O) groups excluding carboxylic acids is 1. The van der Waals surface area contributed by atoms with E-state index >= 15 is 0 Å². The zero-order valence-corrected chi connectivity index (χ0v) is 19.9. The van der Waals surface area contributed by atoms with Gasteiger partial charge < -0.3 is 30.9 Å². The second-order valence-electron chi connectivity index (χ2n) is 8.75. The van der Waals surface area contributed by atoms with Crippen LogP contribution in [0, 0.1) is 11.7 Å². The van der Waals surface area contributed by atoms with Gasteiger partial charge in [0.15, 0.2) is 16.6 Å². The van der Waals surface area contributed by atoms with E-state index in [1.54, 1.807) is 12.1 Å². The third-order valence-corrected chi connectivity index (χ3v) is 7.24. The van der Waals surface area contributed by atoms with Crippen LogP contribution < -0.4 is 20.9 Å². The number of para-hydroxylation sites is 1. The monoisotopic (exact) mass is 534 g/mol. The molecule has 0 radical (unpaired) electrons. The van der Waals surface area contributed by atoms with E-state index in [0.717, 1.165) is 18.9 Å². The molecule has 1 aromatic heterocycles. The van der Waals surface area contributed by atoms with Crippen LogP contribution in [0.3, 0.4) is 0 Å². The Kier molecular flexibility index (Phi) is 6.20. The molecule has 0 unspecified atom stereocenters. The molecule has 37 heavy (non-hydrogen) atoms. The normalized spacial score (nSPS) is 22.2. The molecule has 3 atom stereocenters. The quantitative estimate of drug-likeness (QED) is 0.459. The summed E-state index contributed by atoms with van der Waals surface area (Å²) in [7, 11) is 0. The fourth-order valence-corrected chi connectivity index (χ4v) is 5.47. The number of nitrogens with two attached hydrogens (primary N) is 2. The molecule has 3 aromatic rings. The number of amides is 1. The van der Waals surface area contributed by atoms with Crippen molar-refractivity contribution in [3.05, 3.63) is 59.5 Å². The zero-order valence-electron chi connectivity index (χ0n) is 19.1. The van der Waals surface area contributed by atoms with Crippen LogP contribution in [-0.2, 0) is 0 Å². The molecule has 2 aromatic carbocycles. The number of likely N-dealkylation sites (tertiary alicyclic amines) is 1. The molecule has 3 aliphatic rings. The van der Waals surface area contributed by atoms with Crippen LogP contribution in [0.25, 0.3) is 10.4 Å². The minimum Gasteiger partial charge on any atom is -0.478 e. The van der Waals surface area contributed by atoms with Crippen molar-refractivity contribution in [1.29, 1.82) is 0 Å². The van der Waals surface area contributed by atoms with Crippen molar-refractivity contribution in [3.8, 4) is 21.9 Å². The average Bonchev–Trinajstić information content (AvgIpc) is 3.17. The highest BCUT2D eigenvalue weighted by atomic mass is 32.1. The highest BCUT2D eigenvalue weighted by Gasteiger charge is 2.54. The lowest BCUT2D eigenvalue weighted by atomic mass is 10.1. The second-order valence-corrected chi connectivity index (χ2v) is 9.78. The zero-order chi connectivity index (χ0) is 26.5. The van der Waals surface area contributed by atoms with Gasteiger partial charge in [-0.1, -0.05) is 29.5 Å². The fraction of sp³-hybridized carbons (Fsp3) is 0.292. The predicted molar refractivity (Wildman–Crippen MR) is 127 cm³/mol. The van der Waals surface area contributed by atoms with Gasteiger partial charge in [-0.05, 0) is 48.6 Å². The summed E-state index contributed by atoms with van der Waals surface area (Å²) in [4.78, 5) is 30.3. The first-order chi connectivity index (χ1) is 17.6. The number of aromatic nitrogens is 1. The van der Waals surface area contributed by atoms with Crippen molar-refractivity contribution in [2.75, 3.05) is 12.3 Å². The summed E-state index contributed by atoms with van der Waals surface area (Å²) in [6.07, 6.45) is -1.78. The van der Waals surface area contributed by atoms with Gasteiger partial charge in [0, 0.05) is 18.6 Å². The van der Waals surface area contributed by atoms with E-state index in [-0.39, 0.29) is 35.1 Å². The van der Waals surface area contributed by atoms with Gasteiger partial charge in [-0.3, -0.25) is 4.79 Å². The van der Waals surface area contributed by atoms with Gasteiger partial charge in [-0.2, -0.15) is 0 Å². The second kappa shape index (κ2) is 9.23. The lowest BCUT2D eigenvalue weighted by Crippen LogP contribution is -2.42. The fourth-order valence-electron chi connectivity index (χ4n) is 4.65. The van der Waals surface area contributed by atoms with E-state index in [1.807, 2.05) is 4.90 Å². The highest BCUT2D eigenvalue weighted by Crippen LogP contribution is 2.49. The van der Waals surface area contributed by atoms with Crippen LogP contribution in [0.15, 0.2) is 42.5 Å². The van der Waals surface area contributed by atoms with Crippen LogP contribution in [0.5, 0.6) is 11.5 Å². The number of benzene rings is 2. The Labute approximate surface area is 212 Å². The van der Waals surface area contributed by atoms with Crippen LogP contribution in [0.4, 0.5) is 18.3 Å². The van der Waals surface area contributed by atoms with Crippen molar-refractivity contribution in [3.63, 3.8) is 0 Å². The molecule has 0 bridgehead atoms. The van der Waals surface area contributed by atoms with E-state index in [2.05, 4.69) is 14.5 Å². The van der Waals surface area contributed by atoms with Gasteiger partial charge >= 0.3 is 12.3 Å². The Balaban J connectivity index is 0.000000171. The lowest BCUT2D eigenvalue weighted by molar-refractivity contribution is -0.286. The molecule has 2 aliphatic heterocycles. The third kappa shape index (κ3) is 4.79. The minimum atomic E-state index is -3.78. The Morgan fingerprint density at radius 3 is 2.65 bits per heavy atom. The van der Waals surface area contributed by atoms with Crippen molar-refractivity contribution < 1.29 is 37.3 Å². The molecule has 1 amide bonds. The number of aromatic carboxylic acids is 1. The van der Waals surface area contributed by atoms with E-state index < -0.39 is 18.0 Å². The van der Waals surface area contributed by atoms with Gasteiger partial charge in [0.1, 0.15) is 17.1 Å². The van der Waals surface area contributed by atoms with Crippen molar-refractivity contribution >= 4 is 28.3 Å². The number of fused-ring (bicyclic) bond motifs is 2. The maximum Gasteiger partial charge on any atom is 0.586 e. The maximum atomic E-state index is 13.5. The van der Waals surface area contributed by atoms with E-state index in [0.29, 0.717) is 33.7 Å². The summed E-state index contributed by atoms with van der Waals surface area (Å²) in [5.41, 5.74) is 12.2. The van der Waals surface area contributed by atoms with Crippen LogP contribution in [0.2, 0.25) is 0 Å². The number of rotatable bonds is 4. The number of thiazole rings is 1. The number of piperidine rings is 1. The van der Waals surface area contributed by atoms with Gasteiger partial charge in [0.2, 0.25) is 0 Å². The highest BCUT2D eigenvalue weighted by molar-refractivity contribution is 7.19. The molecule has 1 saturated heterocycles. The minimum absolute atomic E-state index is 0.0644. The molecule has 0 spiro atoms. The first kappa shape index (κ1) is 24.8. The number of carboxylic acid groups (broad SMARTS) is 1. The molecule has 2 fully saturated rings. The molecule has 1 saturated carbocycles. The van der Waals surface area contributed by atoms with Crippen molar-refractivity contribution in [2.24, 2.45) is 11.7 Å². The molecule has 194 valence electrons. The first-order valence-electron chi connectivity index (χ1n) is 11.2. The molecule has 1 aliphatic carbocycles. The summed E-state index contributed by atoms with van der Waals surface area (Å²) in [6.45, 7) is 0.452. The Hall–Kier alpha value is -3.84. The smallest absolute Gasteiger partial charge is 0.478 e. The van der Waals surface area contributed by atoms with Gasteiger partial charge in [-0.25, -0.2) is 14.2 Å². The number of ether oxygens (including phenoxy) is 2. The molecule has 9 nitrogen and oxygen atoms in total. The first-order valence-corrected chi connectivity index (χ1v) is 12.1. The third-order valence-electron chi connectivity index (χ3n) is 6.31. The van der Waals surface area contributed by atoms with Gasteiger partial charge in [-0.15, -0.1) is 8.78 Å². The predicted octanol–water partition coefficient (Wildman–Crippen LogP) is 3.80. The lowest BCUT2D eigenvalue weighted by Gasteiger charge is -2.26. The maximum absolute atomic E-state index is 13.5. The number of carbonyl (C=O) groups is 2. The Bertz CT molecular complexity index is 1380. The van der Waals surface area contributed by atoms with Crippen molar-refractivity contribution in [1.82, 2.24) is 9.88 Å². The molecule has 6 rings (SSSR count). The largest absolute Gasteiger partial charge is 0.586 e. The number of hydrogen-bond acceptors (Lipinski definition) is 8. The molecular formula is C24H21F3N4O5S. The number of halogens is 3. The summed E-state index contributed by atoms with van der Waals surface area (Å²) in [6, 6.07) is 10.2. The van der Waals surface area contributed by atoms with Gasteiger partial charge in [0.25, 0.3) is 5.91 Å². The topological polar surface area (TPSA) is 141 Å². The van der Waals surface area contributed by atoms with E-state index in [4.69, 9.17) is 16.6 Å². The van der Waals surface area contributed by atoms with Crippen LogP contribution >= 0.6 is 11.3 Å². The number of alkyl halides is 2. The standard InChI is InChI=1S/C16H17FN4OS.C8H4F2O4/c17-10-3-1-2-8(4-10)14-13(20-16(19)23-14)15(22)21-11(7-18)5-9-6-12(9)21;9-8(10)13-5-3-1-2-4(7(11)12)6(5)14-8/h1-4,9,11-12H,5-7,18H2,(H2,19,20);1-3H,(H,11,12)/t9-,11+,12+;/m1./s1. The van der Waals surface area contributed by atoms with E-state index in [9.17, 15) is 22.8 Å². The Morgan fingerprint density at radius 2 is 1.95 bits per heavy atom. The van der Waals surface area contributed by atoms with Crippen LogP contribution in [-0.4, -0.2) is 51.8 Å². The summed E-state index contributed by atoms with van der Waals surface area (Å²) in [5.74, 6) is -1.97. The number of nitrogens with zero attached hydrogens (tertiary/aromatic N) is 2. The Morgan fingerprint density at radius 1 is 1.19 bits per heavy atom. The number of anilines is 1. The SMILES string of the molecule is NC[C@@H]1C[C@@H]2C[C@@H]2N1C(=O)c1nc(N)sc1-c1cccc(F)c1.O=C(O)c1cccc2c1OC(F)(F)O2. The van der Waals surface area contributed by atoms with Crippen LogP contribution in [0.1, 0.15) is 33.7 Å². The van der Waals surface area contributed by atoms with E-state index in [1.165, 1.54) is 35.6 Å². The summed E-state index contributed by atoms with van der Waals surface area (Å²) >= 11 is 1.21. The molecule has 5 N–H and O–H groups in total. The van der Waals surface area contributed by atoms with Crippen molar-refractivity contribution in [2.45, 2.75) is 31.2 Å². The van der Waals surface area contributed by atoms with Gasteiger partial charge in [0.05, 0.1) is 4.88 Å². The number of carboxylic acids is 1. The average molecular weight is 535 g/mol. The summed E-state index contributed by atoms with van der Waals surface area (Å²) in [5, 5.41) is 8.95. The number of hydrogen-bond donors (Lipinski definition) is 3. The molecular weight excluding hydrogens is 513 g/mol. The molecule has 13 heteroatoms. The number of nitrogen functional groups attached to an aromatic ring is 1. The summed E-state index contributed by atoms with van der Waals surface area (Å²) < 4.78 is 46.7. The molecule has 3 heterocycles.